The number of nitrogens with one attached hydrogen (secondary N) is 1. The maximum Gasteiger partial charge on any atom is 0.220 e. The summed E-state index contributed by atoms with van der Waals surface area (Å²) in [6.07, 6.45) is 8.83. The molecule has 0 radical (unpaired) electrons. The van der Waals surface area contributed by atoms with Crippen LogP contribution in [0.5, 0.6) is 0 Å². The maximum atomic E-state index is 11.8. The summed E-state index contributed by atoms with van der Waals surface area (Å²) in [5.74, 6) is 0.983. The van der Waals surface area contributed by atoms with Crippen LogP contribution < -0.4 is 5.32 Å². The van der Waals surface area contributed by atoms with E-state index in [1.807, 2.05) is 0 Å². The largest absolute Gasteiger partial charge is 0.396 e. The molecule has 1 saturated carbocycles. The Labute approximate surface area is 111 Å². The van der Waals surface area contributed by atoms with Crippen molar-refractivity contribution in [3.05, 3.63) is 0 Å². The molecule has 0 atom stereocenters. The molecule has 0 aromatic rings. The van der Waals surface area contributed by atoms with E-state index in [0.29, 0.717) is 6.42 Å². The number of carbonyl (C=O) groups is 1. The van der Waals surface area contributed by atoms with E-state index in [-0.39, 0.29) is 17.9 Å². The molecular formula is C15H29NO2. The molecule has 0 unspecified atom stereocenters. The zero-order valence-corrected chi connectivity index (χ0v) is 12.0. The van der Waals surface area contributed by atoms with E-state index in [2.05, 4.69) is 19.2 Å². The fourth-order valence-electron chi connectivity index (χ4n) is 2.71. The van der Waals surface area contributed by atoms with E-state index < -0.39 is 0 Å². The van der Waals surface area contributed by atoms with E-state index in [1.165, 1.54) is 25.7 Å². The van der Waals surface area contributed by atoms with Crippen LogP contribution in [-0.4, -0.2) is 24.2 Å². The van der Waals surface area contributed by atoms with E-state index in [1.54, 1.807) is 0 Å². The summed E-state index contributed by atoms with van der Waals surface area (Å²) in [4.78, 5) is 11.8. The second-order valence-corrected chi connectivity index (χ2v) is 6.46. The van der Waals surface area contributed by atoms with E-state index in [4.69, 9.17) is 5.11 Å². The molecule has 106 valence electrons. The second-order valence-electron chi connectivity index (χ2n) is 6.46. The minimum absolute atomic E-state index is 0.0890. The SMILES string of the molecule is CC(C)(CCCO)CNC(=O)CCC1CCCC1. The topological polar surface area (TPSA) is 49.3 Å². The molecule has 18 heavy (non-hydrogen) atoms. The van der Waals surface area contributed by atoms with Crippen molar-refractivity contribution in [2.24, 2.45) is 11.3 Å². The van der Waals surface area contributed by atoms with Crippen molar-refractivity contribution in [3.8, 4) is 0 Å². The molecule has 0 heterocycles. The van der Waals surface area contributed by atoms with Gasteiger partial charge in [0, 0.05) is 19.6 Å². The summed E-state index contributed by atoms with van der Waals surface area (Å²) < 4.78 is 0. The molecule has 1 rings (SSSR count). The lowest BCUT2D eigenvalue weighted by molar-refractivity contribution is -0.121. The smallest absolute Gasteiger partial charge is 0.220 e. The number of rotatable bonds is 8. The summed E-state index contributed by atoms with van der Waals surface area (Å²) in [6, 6.07) is 0. The average molecular weight is 255 g/mol. The van der Waals surface area contributed by atoms with Crippen LogP contribution >= 0.6 is 0 Å². The highest BCUT2D eigenvalue weighted by molar-refractivity contribution is 5.75. The molecule has 1 amide bonds. The predicted molar refractivity (Wildman–Crippen MR) is 74.3 cm³/mol. The van der Waals surface area contributed by atoms with Gasteiger partial charge in [0.25, 0.3) is 0 Å². The van der Waals surface area contributed by atoms with Crippen molar-refractivity contribution in [2.45, 2.75) is 65.2 Å². The molecule has 0 aromatic heterocycles. The first-order valence-electron chi connectivity index (χ1n) is 7.41. The molecule has 1 fully saturated rings. The molecule has 0 spiro atoms. The normalized spacial score (nSPS) is 17.1. The van der Waals surface area contributed by atoms with Crippen molar-refractivity contribution >= 4 is 5.91 Å². The Morgan fingerprint density at radius 2 is 2.00 bits per heavy atom. The second kappa shape index (κ2) is 7.78. The molecule has 1 aliphatic rings. The third kappa shape index (κ3) is 6.39. The van der Waals surface area contributed by atoms with Gasteiger partial charge in [0.1, 0.15) is 0 Å². The quantitative estimate of drug-likeness (QED) is 0.700. The van der Waals surface area contributed by atoms with Gasteiger partial charge in [-0.15, -0.1) is 0 Å². The van der Waals surface area contributed by atoms with Crippen LogP contribution in [0.2, 0.25) is 0 Å². The van der Waals surface area contributed by atoms with Gasteiger partial charge in [0.2, 0.25) is 5.91 Å². The molecule has 0 aromatic carbocycles. The lowest BCUT2D eigenvalue weighted by Gasteiger charge is -2.24. The summed E-state index contributed by atoms with van der Waals surface area (Å²) in [5.41, 5.74) is 0.0890. The summed E-state index contributed by atoms with van der Waals surface area (Å²) in [6.45, 7) is 5.23. The van der Waals surface area contributed by atoms with E-state index >= 15 is 0 Å². The van der Waals surface area contributed by atoms with Gasteiger partial charge in [0.05, 0.1) is 0 Å². The number of aliphatic hydroxyl groups is 1. The highest BCUT2D eigenvalue weighted by atomic mass is 16.2. The van der Waals surface area contributed by atoms with Gasteiger partial charge in [-0.1, -0.05) is 39.5 Å². The standard InChI is InChI=1S/C15H29NO2/c1-15(2,10-5-11-17)12-16-14(18)9-8-13-6-3-4-7-13/h13,17H,3-12H2,1-2H3,(H,16,18). The molecule has 1 aliphatic carbocycles. The fourth-order valence-corrected chi connectivity index (χ4v) is 2.71. The van der Waals surface area contributed by atoms with Gasteiger partial charge in [-0.2, -0.15) is 0 Å². The van der Waals surface area contributed by atoms with Crippen molar-refractivity contribution in [1.29, 1.82) is 0 Å². The van der Waals surface area contributed by atoms with Crippen LogP contribution in [0, 0.1) is 11.3 Å². The zero-order valence-electron chi connectivity index (χ0n) is 12.0. The van der Waals surface area contributed by atoms with Crippen molar-refractivity contribution in [3.63, 3.8) is 0 Å². The van der Waals surface area contributed by atoms with Crippen LogP contribution in [0.1, 0.15) is 65.2 Å². The van der Waals surface area contributed by atoms with Gasteiger partial charge in [-0.3, -0.25) is 4.79 Å². The lowest BCUT2D eigenvalue weighted by atomic mass is 9.88. The number of hydrogen-bond donors (Lipinski definition) is 2. The third-order valence-corrected chi connectivity index (χ3v) is 4.03. The lowest BCUT2D eigenvalue weighted by Crippen LogP contribution is -2.34. The van der Waals surface area contributed by atoms with Crippen LogP contribution in [0.25, 0.3) is 0 Å². The zero-order chi connectivity index (χ0) is 13.4. The summed E-state index contributed by atoms with van der Waals surface area (Å²) in [7, 11) is 0. The minimum Gasteiger partial charge on any atom is -0.396 e. The minimum atomic E-state index is 0.0890. The van der Waals surface area contributed by atoms with E-state index in [9.17, 15) is 4.79 Å². The van der Waals surface area contributed by atoms with Gasteiger partial charge in [-0.25, -0.2) is 0 Å². The third-order valence-electron chi connectivity index (χ3n) is 4.03. The summed E-state index contributed by atoms with van der Waals surface area (Å²) >= 11 is 0. The predicted octanol–water partition coefficient (Wildman–Crippen LogP) is 2.87. The van der Waals surface area contributed by atoms with Crippen LogP contribution in [0.15, 0.2) is 0 Å². The first-order valence-corrected chi connectivity index (χ1v) is 7.41. The van der Waals surface area contributed by atoms with Crippen LogP contribution in [-0.2, 0) is 4.79 Å². The van der Waals surface area contributed by atoms with Crippen LogP contribution in [0.3, 0.4) is 0 Å². The van der Waals surface area contributed by atoms with Gasteiger partial charge in [0.15, 0.2) is 0 Å². The highest BCUT2D eigenvalue weighted by Crippen LogP contribution is 2.28. The number of hydrogen-bond acceptors (Lipinski definition) is 2. The van der Waals surface area contributed by atoms with Crippen molar-refractivity contribution in [1.82, 2.24) is 5.32 Å². The Morgan fingerprint density at radius 1 is 1.33 bits per heavy atom. The molecule has 0 aliphatic heterocycles. The molecule has 3 nitrogen and oxygen atoms in total. The summed E-state index contributed by atoms with van der Waals surface area (Å²) in [5, 5.41) is 11.9. The van der Waals surface area contributed by atoms with Gasteiger partial charge < -0.3 is 10.4 Å². The maximum absolute atomic E-state index is 11.8. The van der Waals surface area contributed by atoms with Crippen molar-refractivity contribution < 1.29 is 9.90 Å². The fraction of sp³-hybridized carbons (Fsp3) is 0.933. The number of aliphatic hydroxyl groups excluding tert-OH is 1. The Kier molecular flexibility index (Phi) is 6.69. The molecule has 3 heteroatoms. The average Bonchev–Trinajstić information content (AvgIpc) is 2.84. The van der Waals surface area contributed by atoms with Gasteiger partial charge >= 0.3 is 0 Å². The van der Waals surface area contributed by atoms with Crippen LogP contribution in [0.4, 0.5) is 0 Å². The number of carbonyl (C=O) groups excluding carboxylic acids is 1. The molecular weight excluding hydrogens is 226 g/mol. The van der Waals surface area contributed by atoms with E-state index in [0.717, 1.165) is 31.7 Å². The van der Waals surface area contributed by atoms with Crippen molar-refractivity contribution in [2.75, 3.05) is 13.2 Å². The molecule has 0 bridgehead atoms. The first kappa shape index (κ1) is 15.5. The highest BCUT2D eigenvalue weighted by Gasteiger charge is 2.19. The molecule has 2 N–H and O–H groups in total. The Morgan fingerprint density at radius 3 is 2.61 bits per heavy atom. The Hall–Kier alpha value is -0.570. The number of amides is 1. The van der Waals surface area contributed by atoms with Gasteiger partial charge in [-0.05, 0) is 30.6 Å². The Bertz CT molecular complexity index is 245. The molecule has 0 saturated heterocycles. The monoisotopic (exact) mass is 255 g/mol. The first-order chi connectivity index (χ1) is 8.53. The Balaban J connectivity index is 2.11.